The minimum absolute atomic E-state index is 0.0546. The number of carbonyl (C=O) groups is 1. The van der Waals surface area contributed by atoms with Crippen LogP contribution >= 0.6 is 0 Å². The Morgan fingerprint density at radius 2 is 1.92 bits per heavy atom. The maximum Gasteiger partial charge on any atom is 0.408 e. The molecule has 14 heteroatoms. The van der Waals surface area contributed by atoms with E-state index in [-0.39, 0.29) is 12.1 Å². The summed E-state index contributed by atoms with van der Waals surface area (Å²) in [7, 11) is 1.43. The van der Waals surface area contributed by atoms with E-state index in [1.807, 2.05) is 0 Å². The number of hydrogen-bond acceptors (Lipinski definition) is 4. The SMILES string of the molecule is CCN(C(=O)NC(CCC(F)(F)F)C(F)(F)F)[C@H](C)c1c[nH]c(=O)c(-c2cc(OC)n3nccc3c2)c1. The number of nitrogens with zero attached hydrogens (tertiary/aromatic N) is 3. The van der Waals surface area contributed by atoms with Gasteiger partial charge in [0.1, 0.15) is 6.04 Å². The first-order chi connectivity index (χ1) is 17.2. The molecule has 202 valence electrons. The molecule has 1 unspecified atom stereocenters. The number of pyridine rings is 2. The van der Waals surface area contributed by atoms with E-state index in [4.69, 9.17) is 4.74 Å². The predicted molar refractivity (Wildman–Crippen MR) is 122 cm³/mol. The van der Waals surface area contributed by atoms with Crippen molar-refractivity contribution in [2.45, 2.75) is 51.1 Å². The van der Waals surface area contributed by atoms with Crippen molar-refractivity contribution >= 4 is 11.5 Å². The Labute approximate surface area is 207 Å². The van der Waals surface area contributed by atoms with Gasteiger partial charge in [0.15, 0.2) is 0 Å². The molecule has 0 aromatic carbocycles. The number of rotatable bonds is 8. The maximum absolute atomic E-state index is 13.3. The molecule has 3 heterocycles. The van der Waals surface area contributed by atoms with Gasteiger partial charge in [-0.2, -0.15) is 31.4 Å². The number of amides is 2. The van der Waals surface area contributed by atoms with Gasteiger partial charge in [-0.3, -0.25) is 4.79 Å². The molecule has 0 saturated carbocycles. The number of hydrogen-bond donors (Lipinski definition) is 2. The highest BCUT2D eigenvalue weighted by Crippen LogP contribution is 2.30. The molecular formula is C23H25F6N5O3. The lowest BCUT2D eigenvalue weighted by atomic mass is 10.0. The van der Waals surface area contributed by atoms with Crippen molar-refractivity contribution in [2.75, 3.05) is 13.7 Å². The first kappa shape index (κ1) is 27.9. The van der Waals surface area contributed by atoms with Crippen LogP contribution in [0.2, 0.25) is 0 Å². The molecule has 0 fully saturated rings. The number of urea groups is 1. The van der Waals surface area contributed by atoms with E-state index in [2.05, 4.69) is 10.1 Å². The second kappa shape index (κ2) is 10.7. The summed E-state index contributed by atoms with van der Waals surface area (Å²) < 4.78 is 84.3. The summed E-state index contributed by atoms with van der Waals surface area (Å²) in [6, 6.07) is 1.76. The molecule has 3 aromatic rings. The van der Waals surface area contributed by atoms with E-state index in [1.54, 1.807) is 29.7 Å². The summed E-state index contributed by atoms with van der Waals surface area (Å²) >= 11 is 0. The third-order valence-corrected chi connectivity index (χ3v) is 5.87. The van der Waals surface area contributed by atoms with Crippen LogP contribution in [-0.2, 0) is 0 Å². The fraction of sp³-hybridized carbons (Fsp3) is 0.435. The Morgan fingerprint density at radius 3 is 2.51 bits per heavy atom. The Kier molecular flexibility index (Phi) is 8.08. The van der Waals surface area contributed by atoms with Gasteiger partial charge in [0.25, 0.3) is 5.56 Å². The molecule has 0 aliphatic carbocycles. The average molecular weight is 533 g/mol. The molecule has 37 heavy (non-hydrogen) atoms. The monoisotopic (exact) mass is 533 g/mol. The van der Waals surface area contributed by atoms with Gasteiger partial charge in [0.2, 0.25) is 5.88 Å². The summed E-state index contributed by atoms with van der Waals surface area (Å²) in [5.74, 6) is 0.349. The molecule has 2 atom stereocenters. The molecule has 2 N–H and O–H groups in total. The molecule has 3 aromatic heterocycles. The fourth-order valence-electron chi connectivity index (χ4n) is 3.89. The Morgan fingerprint density at radius 1 is 1.22 bits per heavy atom. The van der Waals surface area contributed by atoms with Crippen molar-refractivity contribution in [3.05, 3.63) is 52.6 Å². The molecular weight excluding hydrogens is 508 g/mol. The van der Waals surface area contributed by atoms with Crippen molar-refractivity contribution in [1.29, 1.82) is 0 Å². The van der Waals surface area contributed by atoms with Gasteiger partial charge in [-0.1, -0.05) is 0 Å². The highest BCUT2D eigenvalue weighted by molar-refractivity contribution is 5.75. The minimum atomic E-state index is -5.07. The number of ether oxygens (including phenoxy) is 1. The molecule has 0 radical (unpaired) electrons. The third kappa shape index (κ3) is 6.54. The molecule has 0 saturated heterocycles. The van der Waals surface area contributed by atoms with Gasteiger partial charge < -0.3 is 19.9 Å². The number of methoxy groups -OCH3 is 1. The summed E-state index contributed by atoms with van der Waals surface area (Å²) in [6.45, 7) is 2.99. The number of alkyl halides is 6. The second-order valence-corrected chi connectivity index (χ2v) is 8.29. The van der Waals surface area contributed by atoms with Crippen LogP contribution in [0, 0.1) is 0 Å². The Balaban J connectivity index is 1.89. The molecule has 0 bridgehead atoms. The number of nitrogens with one attached hydrogen (secondary N) is 2. The zero-order chi connectivity index (χ0) is 27.5. The van der Waals surface area contributed by atoms with Crippen LogP contribution in [0.15, 0.2) is 41.5 Å². The summed E-state index contributed by atoms with van der Waals surface area (Å²) in [4.78, 5) is 28.9. The molecule has 0 spiro atoms. The zero-order valence-corrected chi connectivity index (χ0v) is 20.1. The lowest BCUT2D eigenvalue weighted by molar-refractivity contribution is -0.171. The van der Waals surface area contributed by atoms with Crippen molar-refractivity contribution in [3.63, 3.8) is 0 Å². The van der Waals surface area contributed by atoms with Crippen molar-refractivity contribution in [3.8, 4) is 17.0 Å². The Bertz CT molecular complexity index is 1300. The van der Waals surface area contributed by atoms with Gasteiger partial charge in [-0.15, -0.1) is 0 Å². The highest BCUT2D eigenvalue weighted by atomic mass is 19.4. The normalized spacial score (nSPS) is 13.9. The van der Waals surface area contributed by atoms with E-state index in [0.717, 1.165) is 4.90 Å². The van der Waals surface area contributed by atoms with Crippen LogP contribution in [0.5, 0.6) is 5.88 Å². The smallest absolute Gasteiger partial charge is 0.408 e. The first-order valence-electron chi connectivity index (χ1n) is 11.2. The quantitative estimate of drug-likeness (QED) is 0.396. The van der Waals surface area contributed by atoms with E-state index in [0.29, 0.717) is 22.5 Å². The summed E-state index contributed by atoms with van der Waals surface area (Å²) in [5, 5.41) is 5.81. The van der Waals surface area contributed by atoms with E-state index in [1.165, 1.54) is 37.7 Å². The third-order valence-electron chi connectivity index (χ3n) is 5.87. The van der Waals surface area contributed by atoms with E-state index in [9.17, 15) is 35.9 Å². The minimum Gasteiger partial charge on any atom is -0.481 e. The highest BCUT2D eigenvalue weighted by Gasteiger charge is 2.43. The Hall–Kier alpha value is -3.71. The number of aromatic amines is 1. The number of fused-ring (bicyclic) bond motifs is 1. The van der Waals surface area contributed by atoms with Crippen LogP contribution < -0.4 is 15.6 Å². The van der Waals surface area contributed by atoms with Gasteiger partial charge >= 0.3 is 18.4 Å². The van der Waals surface area contributed by atoms with Gasteiger partial charge in [-0.05, 0) is 49.6 Å². The lowest BCUT2D eigenvalue weighted by Gasteiger charge is -2.31. The van der Waals surface area contributed by atoms with Crippen LogP contribution in [0.1, 0.15) is 38.3 Å². The molecule has 8 nitrogen and oxygen atoms in total. The van der Waals surface area contributed by atoms with Gasteiger partial charge in [-0.25, -0.2) is 9.31 Å². The molecule has 0 aliphatic heterocycles. The molecule has 0 aliphatic rings. The first-order valence-corrected chi connectivity index (χ1v) is 11.2. The second-order valence-electron chi connectivity index (χ2n) is 8.29. The van der Waals surface area contributed by atoms with Crippen LogP contribution in [0.25, 0.3) is 16.6 Å². The molecule has 2 amide bonds. The predicted octanol–water partition coefficient (Wildman–Crippen LogP) is 5.06. The summed E-state index contributed by atoms with van der Waals surface area (Å²) in [6.07, 6.45) is -10.0. The van der Waals surface area contributed by atoms with Gasteiger partial charge in [0, 0.05) is 30.8 Å². The van der Waals surface area contributed by atoms with Crippen LogP contribution in [-0.4, -0.2) is 57.6 Å². The van der Waals surface area contributed by atoms with E-state index >= 15 is 0 Å². The molecule has 3 rings (SSSR count). The van der Waals surface area contributed by atoms with Crippen LogP contribution in [0.3, 0.4) is 0 Å². The van der Waals surface area contributed by atoms with Crippen molar-refractivity contribution in [2.24, 2.45) is 0 Å². The lowest BCUT2D eigenvalue weighted by Crippen LogP contribution is -2.51. The van der Waals surface area contributed by atoms with Crippen LogP contribution in [0.4, 0.5) is 31.1 Å². The number of aromatic nitrogens is 3. The van der Waals surface area contributed by atoms with E-state index < -0.39 is 48.9 Å². The standard InChI is InChI=1S/C23H25F6N5O3/c1-4-33(21(36)32-18(23(27,28)29)5-7-22(24,25)26)13(2)15-10-17(20(35)30-12-15)14-9-16-6-8-31-34(16)19(11-14)37-3/h6,8-13,18H,4-5,7H2,1-3H3,(H,30,35)(H,32,36)/t13-,18?/m1/s1. The van der Waals surface area contributed by atoms with Crippen molar-refractivity contribution < 1.29 is 35.9 Å². The topological polar surface area (TPSA) is 91.7 Å². The maximum atomic E-state index is 13.3. The number of carbonyl (C=O) groups excluding carboxylic acids is 1. The number of H-pyrrole nitrogens is 1. The number of halogens is 6. The average Bonchev–Trinajstić information content (AvgIpc) is 3.29. The zero-order valence-electron chi connectivity index (χ0n) is 20.1. The largest absolute Gasteiger partial charge is 0.481 e. The van der Waals surface area contributed by atoms with Crippen molar-refractivity contribution in [1.82, 2.24) is 24.8 Å². The fourth-order valence-corrected chi connectivity index (χ4v) is 3.89. The summed E-state index contributed by atoms with van der Waals surface area (Å²) in [5.41, 5.74) is 1.24. The van der Waals surface area contributed by atoms with Gasteiger partial charge in [0.05, 0.1) is 24.9 Å².